The van der Waals surface area contributed by atoms with E-state index in [0.717, 1.165) is 5.56 Å². The number of hydrogen-bond donors (Lipinski definition) is 0. The molecule has 1 aromatic carbocycles. The molecular weight excluding hydrogens is 313 g/mol. The van der Waals surface area contributed by atoms with Gasteiger partial charge in [0.1, 0.15) is 0 Å². The standard InChI is InChI=1S/C11H12Cl3NO2Si/c1-8(18(12,13)14)5-9-3-4-10(17-7-15)11(6-9)16-2/h3-4,6,8H,5H2,1-2H3. The van der Waals surface area contributed by atoms with E-state index in [0.29, 0.717) is 17.9 Å². The summed E-state index contributed by atoms with van der Waals surface area (Å²) in [7, 11) is 1.51. The van der Waals surface area contributed by atoms with Gasteiger partial charge < -0.3 is 9.47 Å². The Kier molecular flexibility index (Phi) is 5.61. The highest BCUT2D eigenvalue weighted by Gasteiger charge is 2.33. The molecule has 1 rings (SSSR count). The smallest absolute Gasteiger partial charge is 0.344 e. The van der Waals surface area contributed by atoms with Crippen molar-refractivity contribution in [3.05, 3.63) is 23.8 Å². The highest BCUT2D eigenvalue weighted by molar-refractivity contribution is 7.65. The molecule has 0 saturated heterocycles. The number of rotatable bonds is 5. The molecule has 0 aromatic heterocycles. The fourth-order valence-electron chi connectivity index (χ4n) is 1.44. The van der Waals surface area contributed by atoms with Crippen molar-refractivity contribution in [1.29, 1.82) is 5.26 Å². The highest BCUT2D eigenvalue weighted by Crippen LogP contribution is 2.37. The van der Waals surface area contributed by atoms with E-state index in [1.54, 1.807) is 18.4 Å². The van der Waals surface area contributed by atoms with E-state index in [9.17, 15) is 0 Å². The zero-order chi connectivity index (χ0) is 13.8. The first-order valence-electron chi connectivity index (χ1n) is 5.18. The second-order valence-electron chi connectivity index (χ2n) is 3.83. The van der Waals surface area contributed by atoms with Crippen LogP contribution in [0.3, 0.4) is 0 Å². The van der Waals surface area contributed by atoms with Crippen LogP contribution in [-0.4, -0.2) is 13.1 Å². The Labute approximate surface area is 121 Å². The average Bonchev–Trinajstić information content (AvgIpc) is 2.30. The molecule has 0 N–H and O–H groups in total. The molecule has 0 radical (unpaired) electrons. The van der Waals surface area contributed by atoms with Crippen molar-refractivity contribution in [1.82, 2.24) is 0 Å². The van der Waals surface area contributed by atoms with Gasteiger partial charge in [0, 0.05) is 0 Å². The molecule has 0 heterocycles. The van der Waals surface area contributed by atoms with Gasteiger partial charge in [0.25, 0.3) is 6.26 Å². The summed E-state index contributed by atoms with van der Waals surface area (Å²) in [5.41, 5.74) is 0.971. The predicted octanol–water partition coefficient (Wildman–Crippen LogP) is 4.14. The maximum atomic E-state index is 8.49. The van der Waals surface area contributed by atoms with Crippen molar-refractivity contribution in [2.24, 2.45) is 0 Å². The Hall–Kier alpha value is -0.603. The third-order valence-corrected chi connectivity index (χ3v) is 7.16. The van der Waals surface area contributed by atoms with Crippen LogP contribution in [0.4, 0.5) is 0 Å². The molecule has 0 fully saturated rings. The molecule has 3 nitrogen and oxygen atoms in total. The van der Waals surface area contributed by atoms with E-state index in [4.69, 9.17) is 48.0 Å². The Bertz CT molecular complexity index is 457. The highest BCUT2D eigenvalue weighted by atomic mass is 35.8. The lowest BCUT2D eigenvalue weighted by atomic mass is 10.1. The maximum absolute atomic E-state index is 8.49. The van der Waals surface area contributed by atoms with Gasteiger partial charge in [-0.05, 0) is 29.7 Å². The van der Waals surface area contributed by atoms with Gasteiger partial charge in [0.05, 0.1) is 7.11 Å². The van der Waals surface area contributed by atoms with Gasteiger partial charge in [-0.2, -0.15) is 0 Å². The van der Waals surface area contributed by atoms with Crippen LogP contribution in [0.15, 0.2) is 18.2 Å². The van der Waals surface area contributed by atoms with E-state index >= 15 is 0 Å². The summed E-state index contributed by atoms with van der Waals surface area (Å²) in [6.07, 6.45) is 2.25. The van der Waals surface area contributed by atoms with E-state index in [1.807, 2.05) is 13.0 Å². The van der Waals surface area contributed by atoms with Crippen molar-refractivity contribution in [3.8, 4) is 17.8 Å². The first-order valence-corrected chi connectivity index (χ1v) is 10.3. The zero-order valence-corrected chi connectivity index (χ0v) is 13.2. The molecule has 18 heavy (non-hydrogen) atoms. The largest absolute Gasteiger partial charge is 0.493 e. The number of hydrogen-bond acceptors (Lipinski definition) is 3. The summed E-state index contributed by atoms with van der Waals surface area (Å²) < 4.78 is 9.91. The Balaban J connectivity index is 2.90. The van der Waals surface area contributed by atoms with E-state index in [-0.39, 0.29) is 5.54 Å². The second-order valence-corrected chi connectivity index (χ2v) is 13.0. The van der Waals surface area contributed by atoms with Gasteiger partial charge in [0.15, 0.2) is 11.5 Å². The van der Waals surface area contributed by atoms with Crippen LogP contribution < -0.4 is 9.47 Å². The fraction of sp³-hybridized carbons (Fsp3) is 0.364. The summed E-state index contributed by atoms with van der Waals surface area (Å²) in [4.78, 5) is 0. The SMILES string of the molecule is COc1cc(CC(C)[Si](Cl)(Cl)Cl)ccc1OC#N. The van der Waals surface area contributed by atoms with Gasteiger partial charge in [-0.15, -0.1) is 38.5 Å². The van der Waals surface area contributed by atoms with Crippen LogP contribution in [0.25, 0.3) is 0 Å². The average molecular weight is 325 g/mol. The molecular formula is C11H12Cl3NO2Si. The number of nitrogens with zero attached hydrogens (tertiary/aromatic N) is 1. The molecule has 1 unspecified atom stereocenters. The molecule has 7 heteroatoms. The third kappa shape index (κ3) is 4.25. The minimum atomic E-state index is -2.71. The molecule has 98 valence electrons. The van der Waals surface area contributed by atoms with Crippen LogP contribution >= 0.6 is 33.2 Å². The molecule has 0 aliphatic rings. The van der Waals surface area contributed by atoms with Crippen LogP contribution in [-0.2, 0) is 6.42 Å². The van der Waals surface area contributed by atoms with Crippen LogP contribution in [0.2, 0.25) is 5.54 Å². The Morgan fingerprint density at radius 3 is 2.50 bits per heavy atom. The minimum absolute atomic E-state index is 0.00468. The Morgan fingerprint density at radius 2 is 2.00 bits per heavy atom. The molecule has 0 amide bonds. The minimum Gasteiger partial charge on any atom is -0.493 e. The van der Waals surface area contributed by atoms with E-state index in [1.165, 1.54) is 7.11 Å². The molecule has 0 aliphatic carbocycles. The number of methoxy groups -OCH3 is 1. The molecule has 1 atom stereocenters. The topological polar surface area (TPSA) is 42.2 Å². The van der Waals surface area contributed by atoms with E-state index < -0.39 is 6.00 Å². The van der Waals surface area contributed by atoms with Gasteiger partial charge >= 0.3 is 6.00 Å². The lowest BCUT2D eigenvalue weighted by molar-refractivity contribution is 0.383. The van der Waals surface area contributed by atoms with Crippen LogP contribution in [0, 0.1) is 11.5 Å². The lowest BCUT2D eigenvalue weighted by Gasteiger charge is -2.17. The number of benzene rings is 1. The summed E-state index contributed by atoms with van der Waals surface area (Å²) in [6.45, 7) is 1.91. The normalized spacial score (nSPS) is 12.7. The van der Waals surface area contributed by atoms with Crippen LogP contribution in [0.5, 0.6) is 11.5 Å². The van der Waals surface area contributed by atoms with Crippen LogP contribution in [0.1, 0.15) is 12.5 Å². The molecule has 0 bridgehead atoms. The number of ether oxygens (including phenoxy) is 2. The van der Waals surface area contributed by atoms with E-state index in [2.05, 4.69) is 0 Å². The van der Waals surface area contributed by atoms with Crippen molar-refractivity contribution >= 4 is 39.2 Å². The Morgan fingerprint density at radius 1 is 1.33 bits per heavy atom. The van der Waals surface area contributed by atoms with Gasteiger partial charge in [-0.1, -0.05) is 13.0 Å². The second kappa shape index (κ2) is 6.53. The summed E-state index contributed by atoms with van der Waals surface area (Å²) in [5, 5.41) is 8.49. The van der Waals surface area contributed by atoms with Gasteiger partial charge in [-0.25, -0.2) is 0 Å². The number of nitriles is 1. The molecule has 0 saturated carbocycles. The van der Waals surface area contributed by atoms with Gasteiger partial charge in [-0.3, -0.25) is 0 Å². The maximum Gasteiger partial charge on any atom is 0.344 e. The fourth-order valence-corrected chi connectivity index (χ4v) is 2.60. The van der Waals surface area contributed by atoms with Crippen molar-refractivity contribution in [3.63, 3.8) is 0 Å². The third-order valence-electron chi connectivity index (χ3n) is 2.48. The first-order chi connectivity index (χ1) is 8.38. The lowest BCUT2D eigenvalue weighted by Crippen LogP contribution is -2.19. The van der Waals surface area contributed by atoms with Gasteiger partial charge in [0.2, 0.25) is 0 Å². The quantitative estimate of drug-likeness (QED) is 0.464. The molecule has 1 aromatic rings. The molecule has 0 aliphatic heterocycles. The number of halogens is 3. The van der Waals surface area contributed by atoms with Crippen molar-refractivity contribution in [2.45, 2.75) is 18.9 Å². The zero-order valence-electron chi connectivity index (χ0n) is 9.91. The predicted molar refractivity (Wildman–Crippen MR) is 75.7 cm³/mol. The summed E-state index contributed by atoms with van der Waals surface area (Å²) in [5.74, 6) is 0.870. The summed E-state index contributed by atoms with van der Waals surface area (Å²) in [6, 6.07) is 2.58. The monoisotopic (exact) mass is 323 g/mol. The van der Waals surface area contributed by atoms with Crippen molar-refractivity contribution < 1.29 is 9.47 Å². The molecule has 0 spiro atoms. The van der Waals surface area contributed by atoms with Crippen molar-refractivity contribution in [2.75, 3.05) is 7.11 Å². The summed E-state index contributed by atoms with van der Waals surface area (Å²) >= 11 is 17.9. The first kappa shape index (κ1) is 15.5.